The minimum Gasteiger partial charge on any atom is -0.356 e. The highest BCUT2D eigenvalue weighted by Crippen LogP contribution is 2.48. The van der Waals surface area contributed by atoms with Crippen LogP contribution in [0.1, 0.15) is 37.7 Å². The topological polar surface area (TPSA) is 65.2 Å². The minimum atomic E-state index is -0.663. The summed E-state index contributed by atoms with van der Waals surface area (Å²) < 4.78 is 42.0. The Morgan fingerprint density at radius 3 is 2.50 bits per heavy atom. The number of hydrogen-bond donors (Lipinski definition) is 2. The third-order valence-corrected chi connectivity index (χ3v) is 7.21. The maximum atomic E-state index is 14.5. The number of halogens is 3. The van der Waals surface area contributed by atoms with Gasteiger partial charge in [-0.3, -0.25) is 9.59 Å². The number of nitrogens with one attached hydrogen (secondary N) is 2. The number of fused-ring (bicyclic) bond motifs is 1. The first kappa shape index (κ1) is 22.5. The van der Waals surface area contributed by atoms with Gasteiger partial charge in [-0.25, -0.2) is 13.2 Å². The molecule has 3 aromatic rings. The van der Waals surface area contributed by atoms with Crippen LogP contribution < -0.4 is 5.32 Å². The molecule has 5 nitrogen and oxygen atoms in total. The fraction of sp³-hybridized carbons (Fsp3) is 0.385. The van der Waals surface area contributed by atoms with Crippen LogP contribution in [0.5, 0.6) is 0 Å². The molecule has 1 saturated carbocycles. The van der Waals surface area contributed by atoms with E-state index >= 15 is 0 Å². The number of carbonyl (C=O) groups excluding carboxylic acids is 2. The zero-order valence-corrected chi connectivity index (χ0v) is 18.8. The monoisotopic (exact) mass is 469 g/mol. The van der Waals surface area contributed by atoms with Gasteiger partial charge in [0.15, 0.2) is 0 Å². The Kier molecular flexibility index (Phi) is 5.83. The lowest BCUT2D eigenvalue weighted by molar-refractivity contribution is -0.128. The molecule has 2 N–H and O–H groups in total. The summed E-state index contributed by atoms with van der Waals surface area (Å²) >= 11 is 0. The Morgan fingerprint density at radius 2 is 1.82 bits per heavy atom. The van der Waals surface area contributed by atoms with Gasteiger partial charge in [0, 0.05) is 38.0 Å². The number of aromatic amines is 1. The van der Waals surface area contributed by atoms with E-state index < -0.39 is 11.6 Å². The van der Waals surface area contributed by atoms with Crippen molar-refractivity contribution in [2.75, 3.05) is 19.6 Å². The van der Waals surface area contributed by atoms with Crippen molar-refractivity contribution in [3.63, 3.8) is 0 Å². The summed E-state index contributed by atoms with van der Waals surface area (Å²) in [6.45, 7) is 3.11. The second-order valence-corrected chi connectivity index (χ2v) is 9.46. The average Bonchev–Trinajstić information content (AvgIpc) is 3.39. The highest BCUT2D eigenvalue weighted by atomic mass is 19.1. The highest BCUT2D eigenvalue weighted by molar-refractivity contribution is 5.92. The van der Waals surface area contributed by atoms with Crippen molar-refractivity contribution >= 4 is 22.7 Å². The van der Waals surface area contributed by atoms with Crippen LogP contribution in [0.25, 0.3) is 22.2 Å². The molecule has 2 aromatic carbocycles. The van der Waals surface area contributed by atoms with E-state index in [0.29, 0.717) is 42.7 Å². The van der Waals surface area contributed by atoms with E-state index in [0.717, 1.165) is 24.5 Å². The van der Waals surface area contributed by atoms with Gasteiger partial charge in [-0.05, 0) is 72.6 Å². The Labute approximate surface area is 195 Å². The van der Waals surface area contributed by atoms with Crippen molar-refractivity contribution in [3.05, 3.63) is 59.4 Å². The van der Waals surface area contributed by atoms with Crippen molar-refractivity contribution in [2.24, 2.45) is 11.8 Å². The smallest absolute Gasteiger partial charge is 0.224 e. The van der Waals surface area contributed by atoms with Crippen LogP contribution in [-0.4, -0.2) is 41.3 Å². The summed E-state index contributed by atoms with van der Waals surface area (Å²) in [5.41, 5.74) is 2.45. The lowest BCUT2D eigenvalue weighted by atomic mass is 9.70. The van der Waals surface area contributed by atoms with Gasteiger partial charge in [0.25, 0.3) is 0 Å². The number of hydrogen-bond acceptors (Lipinski definition) is 2. The Morgan fingerprint density at radius 1 is 1.09 bits per heavy atom. The van der Waals surface area contributed by atoms with Crippen LogP contribution in [0.2, 0.25) is 0 Å². The number of benzene rings is 2. The van der Waals surface area contributed by atoms with Gasteiger partial charge < -0.3 is 15.2 Å². The number of aromatic nitrogens is 1. The minimum absolute atomic E-state index is 0.0132. The van der Waals surface area contributed by atoms with Gasteiger partial charge in [-0.1, -0.05) is 0 Å². The SMILES string of the molecule is CC(=O)N1CC[C@@H](C(=O)NCC2CC(c3c(-c4ccc(F)cc4)[nH]c4c(F)cc(F)cc34)C2)C1. The molecule has 0 unspecified atom stereocenters. The zero-order valence-electron chi connectivity index (χ0n) is 18.8. The molecule has 2 heterocycles. The molecule has 0 bridgehead atoms. The molecule has 0 radical (unpaired) electrons. The first-order chi connectivity index (χ1) is 16.3. The predicted octanol–water partition coefficient (Wildman–Crippen LogP) is 4.73. The summed E-state index contributed by atoms with van der Waals surface area (Å²) in [4.78, 5) is 28.8. The third kappa shape index (κ3) is 4.17. The van der Waals surface area contributed by atoms with Crippen LogP contribution in [0.15, 0.2) is 36.4 Å². The maximum Gasteiger partial charge on any atom is 0.224 e. The van der Waals surface area contributed by atoms with Gasteiger partial charge in [0.1, 0.15) is 17.5 Å². The van der Waals surface area contributed by atoms with Crippen molar-refractivity contribution in [2.45, 2.75) is 32.1 Å². The Bertz CT molecular complexity index is 1250. The van der Waals surface area contributed by atoms with Crippen molar-refractivity contribution in [1.82, 2.24) is 15.2 Å². The van der Waals surface area contributed by atoms with E-state index in [-0.39, 0.29) is 40.9 Å². The summed E-state index contributed by atoms with van der Waals surface area (Å²) in [6.07, 6.45) is 2.21. The fourth-order valence-electron chi connectivity index (χ4n) is 5.30. The van der Waals surface area contributed by atoms with Crippen molar-refractivity contribution < 1.29 is 22.8 Å². The molecule has 1 aliphatic heterocycles. The molecule has 1 atom stereocenters. The molecule has 34 heavy (non-hydrogen) atoms. The van der Waals surface area contributed by atoms with Gasteiger partial charge >= 0.3 is 0 Å². The van der Waals surface area contributed by atoms with E-state index in [2.05, 4.69) is 10.3 Å². The lowest BCUT2D eigenvalue weighted by Crippen LogP contribution is -2.39. The van der Waals surface area contributed by atoms with Crippen LogP contribution in [0.3, 0.4) is 0 Å². The number of carbonyl (C=O) groups is 2. The van der Waals surface area contributed by atoms with E-state index in [1.54, 1.807) is 17.0 Å². The number of H-pyrrole nitrogens is 1. The second-order valence-electron chi connectivity index (χ2n) is 9.46. The molecule has 1 aliphatic carbocycles. The third-order valence-electron chi connectivity index (χ3n) is 7.21. The standard InChI is InChI=1S/C26H26F3N3O2/c1-14(33)32-7-6-17(13-32)26(34)30-12-15-8-18(9-15)23-21-10-20(28)11-22(29)25(21)31-24(23)16-2-4-19(27)5-3-16/h2-5,10-11,15,17-18,31H,6-9,12-13H2,1H3,(H,30,34)/t15?,17-,18?/m1/s1. The largest absolute Gasteiger partial charge is 0.356 e. The van der Waals surface area contributed by atoms with Crippen LogP contribution in [0, 0.1) is 29.3 Å². The van der Waals surface area contributed by atoms with Gasteiger partial charge in [0.2, 0.25) is 11.8 Å². The van der Waals surface area contributed by atoms with E-state index in [1.807, 2.05) is 0 Å². The molecule has 1 aromatic heterocycles. The fourth-order valence-corrected chi connectivity index (χ4v) is 5.30. The van der Waals surface area contributed by atoms with Crippen LogP contribution in [0.4, 0.5) is 13.2 Å². The van der Waals surface area contributed by atoms with Gasteiger partial charge in [-0.2, -0.15) is 0 Å². The number of nitrogens with zero attached hydrogens (tertiary/aromatic N) is 1. The number of likely N-dealkylation sites (tertiary alicyclic amines) is 1. The molecule has 2 fully saturated rings. The first-order valence-electron chi connectivity index (χ1n) is 11.6. The molecule has 5 rings (SSSR count). The van der Waals surface area contributed by atoms with Gasteiger partial charge in [-0.15, -0.1) is 0 Å². The quantitative estimate of drug-likeness (QED) is 0.568. The maximum absolute atomic E-state index is 14.5. The van der Waals surface area contributed by atoms with E-state index in [9.17, 15) is 22.8 Å². The summed E-state index contributed by atoms with van der Waals surface area (Å²) in [6, 6.07) is 8.13. The summed E-state index contributed by atoms with van der Waals surface area (Å²) in [5, 5.41) is 3.51. The highest BCUT2D eigenvalue weighted by Gasteiger charge is 2.36. The van der Waals surface area contributed by atoms with Crippen LogP contribution in [-0.2, 0) is 9.59 Å². The number of amides is 2. The second kappa shape index (κ2) is 8.81. The molecule has 178 valence electrons. The predicted molar refractivity (Wildman–Crippen MR) is 122 cm³/mol. The normalized spacial score (nSPS) is 22.1. The van der Waals surface area contributed by atoms with E-state index in [4.69, 9.17) is 0 Å². The summed E-state index contributed by atoms with van der Waals surface area (Å²) in [7, 11) is 0. The summed E-state index contributed by atoms with van der Waals surface area (Å²) in [5.74, 6) is -1.58. The van der Waals surface area contributed by atoms with E-state index in [1.165, 1.54) is 25.1 Å². The first-order valence-corrected chi connectivity index (χ1v) is 11.6. The molecule has 8 heteroatoms. The molecule has 2 amide bonds. The van der Waals surface area contributed by atoms with Crippen molar-refractivity contribution in [1.29, 1.82) is 0 Å². The van der Waals surface area contributed by atoms with Gasteiger partial charge in [0.05, 0.1) is 17.1 Å². The molecule has 0 spiro atoms. The molecular weight excluding hydrogens is 443 g/mol. The van der Waals surface area contributed by atoms with Crippen LogP contribution >= 0.6 is 0 Å². The number of rotatable bonds is 5. The lowest BCUT2D eigenvalue weighted by Gasteiger charge is -2.36. The van der Waals surface area contributed by atoms with Crippen molar-refractivity contribution in [3.8, 4) is 11.3 Å². The molecular formula is C26H26F3N3O2. The Balaban J connectivity index is 1.30. The Hall–Kier alpha value is -3.29. The average molecular weight is 470 g/mol. The molecule has 2 aliphatic rings. The zero-order chi connectivity index (χ0) is 24.0. The molecule has 1 saturated heterocycles.